The number of rotatable bonds is 3. The van der Waals surface area contributed by atoms with Crippen LogP contribution in [0.3, 0.4) is 0 Å². The molecule has 0 aliphatic rings. The Morgan fingerprint density at radius 1 is 1.50 bits per heavy atom. The Morgan fingerprint density at radius 3 is 3.17 bits per heavy atom. The van der Waals surface area contributed by atoms with Crippen LogP contribution >= 0.6 is 11.8 Å². The summed E-state index contributed by atoms with van der Waals surface area (Å²) in [7, 11) is 1.37. The molecule has 0 aliphatic heterocycles. The fourth-order valence-corrected chi connectivity index (χ4v) is 2.51. The van der Waals surface area contributed by atoms with Gasteiger partial charge in [0.2, 0.25) is 5.78 Å². The molecule has 0 atom stereocenters. The highest BCUT2D eigenvalue weighted by atomic mass is 32.2. The maximum Gasteiger partial charge on any atom is 0.316 e. The quantitative estimate of drug-likeness (QED) is 0.571. The molecule has 2 heterocycles. The maximum atomic E-state index is 11.1. The van der Waals surface area contributed by atoms with E-state index in [9.17, 15) is 4.79 Å². The number of methoxy groups -OCH3 is 1. The maximum absolute atomic E-state index is 11.1. The number of thioether (sulfide) groups is 1. The number of hydrogen-bond acceptors (Lipinski definition) is 5. The SMILES string of the molecule is COC(=O)CSc1n[nH]c2nc3ccccc3n12. The third-order valence-electron chi connectivity index (χ3n) is 2.55. The van der Waals surface area contributed by atoms with Crippen molar-refractivity contribution in [2.45, 2.75) is 5.16 Å². The molecule has 0 radical (unpaired) electrons. The van der Waals surface area contributed by atoms with Gasteiger partial charge in [-0.25, -0.2) is 10.1 Å². The number of aromatic nitrogens is 4. The molecule has 1 aromatic carbocycles. The molecule has 0 saturated carbocycles. The van der Waals surface area contributed by atoms with Crippen molar-refractivity contribution in [3.8, 4) is 0 Å². The summed E-state index contributed by atoms with van der Waals surface area (Å²) >= 11 is 1.31. The van der Waals surface area contributed by atoms with Crippen molar-refractivity contribution < 1.29 is 9.53 Å². The third kappa shape index (κ3) is 1.72. The van der Waals surface area contributed by atoms with Gasteiger partial charge in [0.1, 0.15) is 0 Å². The van der Waals surface area contributed by atoms with Gasteiger partial charge in [-0.1, -0.05) is 23.9 Å². The number of nitrogens with one attached hydrogen (secondary N) is 1. The van der Waals surface area contributed by atoms with E-state index in [0.29, 0.717) is 10.9 Å². The second-order valence-electron chi connectivity index (χ2n) is 3.63. The highest BCUT2D eigenvalue weighted by Crippen LogP contribution is 2.22. The number of imidazole rings is 1. The molecule has 3 aromatic rings. The predicted molar refractivity (Wildman–Crippen MR) is 67.6 cm³/mol. The molecule has 0 aliphatic carbocycles. The summed E-state index contributed by atoms with van der Waals surface area (Å²) in [5.41, 5.74) is 1.86. The van der Waals surface area contributed by atoms with Gasteiger partial charge in [0.25, 0.3) is 0 Å². The van der Waals surface area contributed by atoms with Crippen LogP contribution in [-0.4, -0.2) is 38.4 Å². The number of ether oxygens (including phenoxy) is 1. The first kappa shape index (κ1) is 11.1. The lowest BCUT2D eigenvalue weighted by Gasteiger charge is -1.98. The minimum Gasteiger partial charge on any atom is -0.468 e. The lowest BCUT2D eigenvalue weighted by atomic mass is 10.3. The minimum atomic E-state index is -0.277. The molecule has 0 saturated heterocycles. The number of benzene rings is 1. The predicted octanol–water partition coefficient (Wildman–Crippen LogP) is 1.48. The highest BCUT2D eigenvalue weighted by Gasteiger charge is 2.13. The molecule has 0 fully saturated rings. The molecular formula is C11H10N4O2S. The summed E-state index contributed by atoms with van der Waals surface area (Å²) in [4.78, 5) is 15.5. The van der Waals surface area contributed by atoms with Crippen LogP contribution in [0.4, 0.5) is 0 Å². The van der Waals surface area contributed by atoms with Crippen molar-refractivity contribution in [2.75, 3.05) is 12.9 Å². The number of aromatic amines is 1. The Labute approximate surface area is 106 Å². The number of carbonyl (C=O) groups excluding carboxylic acids is 1. The van der Waals surface area contributed by atoms with E-state index in [2.05, 4.69) is 19.9 Å². The summed E-state index contributed by atoms with van der Waals surface area (Å²) < 4.78 is 6.50. The van der Waals surface area contributed by atoms with Crippen molar-refractivity contribution >= 4 is 34.5 Å². The molecule has 92 valence electrons. The van der Waals surface area contributed by atoms with Crippen LogP contribution in [0.1, 0.15) is 0 Å². The Hall–Kier alpha value is -2.02. The Bertz CT molecular complexity index is 718. The van der Waals surface area contributed by atoms with Crippen LogP contribution in [0.2, 0.25) is 0 Å². The first-order chi connectivity index (χ1) is 8.79. The van der Waals surface area contributed by atoms with E-state index in [0.717, 1.165) is 11.0 Å². The second kappa shape index (κ2) is 4.34. The van der Waals surface area contributed by atoms with Crippen molar-refractivity contribution in [2.24, 2.45) is 0 Å². The van der Waals surface area contributed by atoms with Crippen molar-refractivity contribution in [1.82, 2.24) is 19.6 Å². The van der Waals surface area contributed by atoms with Gasteiger partial charge in [-0.05, 0) is 12.1 Å². The van der Waals surface area contributed by atoms with Gasteiger partial charge < -0.3 is 4.74 Å². The average Bonchev–Trinajstić information content (AvgIpc) is 2.94. The van der Waals surface area contributed by atoms with Crippen molar-refractivity contribution in [3.63, 3.8) is 0 Å². The fourth-order valence-electron chi connectivity index (χ4n) is 1.72. The number of fused-ring (bicyclic) bond motifs is 3. The zero-order valence-corrected chi connectivity index (χ0v) is 10.4. The van der Waals surface area contributed by atoms with E-state index in [1.807, 2.05) is 28.7 Å². The molecule has 1 N–H and O–H groups in total. The van der Waals surface area contributed by atoms with Gasteiger partial charge >= 0.3 is 5.97 Å². The molecule has 0 amide bonds. The molecule has 18 heavy (non-hydrogen) atoms. The molecule has 0 unspecified atom stereocenters. The Morgan fingerprint density at radius 2 is 2.33 bits per heavy atom. The summed E-state index contributed by atoms with van der Waals surface area (Å²) in [6.07, 6.45) is 0. The van der Waals surface area contributed by atoms with Crippen LogP contribution in [0, 0.1) is 0 Å². The van der Waals surface area contributed by atoms with E-state index in [4.69, 9.17) is 0 Å². The smallest absolute Gasteiger partial charge is 0.316 e. The average molecular weight is 262 g/mol. The van der Waals surface area contributed by atoms with E-state index in [1.54, 1.807) is 0 Å². The minimum absolute atomic E-state index is 0.225. The summed E-state index contributed by atoms with van der Waals surface area (Å²) in [5, 5.41) is 7.69. The number of hydrogen-bond donors (Lipinski definition) is 1. The summed E-state index contributed by atoms with van der Waals surface area (Å²) in [5.74, 6) is 0.618. The number of H-pyrrole nitrogens is 1. The fraction of sp³-hybridized carbons (Fsp3) is 0.182. The zero-order valence-electron chi connectivity index (χ0n) is 9.58. The van der Waals surface area contributed by atoms with Crippen molar-refractivity contribution in [1.29, 1.82) is 0 Å². The number of carbonyl (C=O) groups is 1. The molecule has 0 spiro atoms. The molecule has 0 bridgehead atoms. The van der Waals surface area contributed by atoms with E-state index < -0.39 is 0 Å². The van der Waals surface area contributed by atoms with Gasteiger partial charge in [0, 0.05) is 0 Å². The Kier molecular flexibility index (Phi) is 2.67. The lowest BCUT2D eigenvalue weighted by Crippen LogP contribution is -2.03. The first-order valence-corrected chi connectivity index (χ1v) is 6.29. The summed E-state index contributed by atoms with van der Waals surface area (Å²) in [6, 6.07) is 7.78. The molecule has 3 rings (SSSR count). The number of para-hydroxylation sites is 2. The van der Waals surface area contributed by atoms with E-state index >= 15 is 0 Å². The topological polar surface area (TPSA) is 72.3 Å². The Balaban J connectivity index is 2.04. The molecule has 2 aromatic heterocycles. The number of nitrogens with zero attached hydrogens (tertiary/aromatic N) is 3. The monoisotopic (exact) mass is 262 g/mol. The van der Waals surface area contributed by atoms with Crippen molar-refractivity contribution in [3.05, 3.63) is 24.3 Å². The van der Waals surface area contributed by atoms with Crippen LogP contribution in [0.25, 0.3) is 16.8 Å². The standard InChI is InChI=1S/C11H10N4O2S/c1-17-9(16)6-18-11-14-13-10-12-7-4-2-3-5-8(7)15(10)11/h2-5H,6H2,1H3,(H,12,13). The van der Waals surface area contributed by atoms with Gasteiger partial charge in [-0.3, -0.25) is 9.20 Å². The van der Waals surface area contributed by atoms with Gasteiger partial charge in [-0.2, -0.15) is 0 Å². The highest BCUT2D eigenvalue weighted by molar-refractivity contribution is 7.99. The van der Waals surface area contributed by atoms with Crippen LogP contribution in [0.15, 0.2) is 29.4 Å². The molecule has 7 heteroatoms. The van der Waals surface area contributed by atoms with Crippen LogP contribution < -0.4 is 0 Å². The van der Waals surface area contributed by atoms with Gasteiger partial charge in [0.15, 0.2) is 5.16 Å². The number of esters is 1. The largest absolute Gasteiger partial charge is 0.468 e. The van der Waals surface area contributed by atoms with Gasteiger partial charge in [-0.15, -0.1) is 5.10 Å². The zero-order chi connectivity index (χ0) is 12.5. The third-order valence-corrected chi connectivity index (χ3v) is 3.46. The van der Waals surface area contributed by atoms with E-state index in [1.165, 1.54) is 18.9 Å². The second-order valence-corrected chi connectivity index (χ2v) is 4.57. The normalized spacial score (nSPS) is 11.2. The van der Waals surface area contributed by atoms with Crippen LogP contribution in [-0.2, 0) is 9.53 Å². The van der Waals surface area contributed by atoms with Crippen LogP contribution in [0.5, 0.6) is 0 Å². The molecule has 6 nitrogen and oxygen atoms in total. The van der Waals surface area contributed by atoms with E-state index in [-0.39, 0.29) is 11.7 Å². The summed E-state index contributed by atoms with van der Waals surface area (Å²) in [6.45, 7) is 0. The lowest BCUT2D eigenvalue weighted by molar-refractivity contribution is -0.137. The van der Waals surface area contributed by atoms with Gasteiger partial charge in [0.05, 0.1) is 23.9 Å². The first-order valence-electron chi connectivity index (χ1n) is 5.31. The molecular weight excluding hydrogens is 252 g/mol.